The quantitative estimate of drug-likeness (QED) is 0.699. The summed E-state index contributed by atoms with van der Waals surface area (Å²) in [6.45, 7) is 1.96. The van der Waals surface area contributed by atoms with Gasteiger partial charge in [-0.3, -0.25) is 0 Å². The van der Waals surface area contributed by atoms with Crippen LogP contribution < -0.4 is 0 Å². The monoisotopic (exact) mass is 222 g/mol. The molecule has 0 aromatic carbocycles. The lowest BCUT2D eigenvalue weighted by Gasteiger charge is -2.16. The summed E-state index contributed by atoms with van der Waals surface area (Å²) in [4.78, 5) is 0. The van der Waals surface area contributed by atoms with E-state index in [9.17, 15) is 18.6 Å². The molecule has 1 saturated heterocycles. The molecule has 4 nitrogen and oxygen atoms in total. The minimum Gasteiger partial charge on any atom is -0.393 e. The second-order valence-electron chi connectivity index (χ2n) is 4.08. The van der Waals surface area contributed by atoms with E-state index < -0.39 is 22.0 Å². The maximum atomic E-state index is 11.1. The smallest absolute Gasteiger partial charge is 0.153 e. The first kappa shape index (κ1) is 11.9. The lowest BCUT2D eigenvalue weighted by molar-refractivity contribution is 0.0848. The fourth-order valence-electron chi connectivity index (χ4n) is 1.93. The average Bonchev–Trinajstić information content (AvgIpc) is 2.25. The highest BCUT2D eigenvalue weighted by molar-refractivity contribution is 7.91. The molecule has 1 aliphatic heterocycles. The second-order valence-corrected chi connectivity index (χ2v) is 6.24. The molecule has 1 aliphatic rings. The highest BCUT2D eigenvalue weighted by Crippen LogP contribution is 2.24. The van der Waals surface area contributed by atoms with Crippen LogP contribution >= 0.6 is 0 Å². The second kappa shape index (κ2) is 4.59. The van der Waals surface area contributed by atoms with Crippen molar-refractivity contribution < 1.29 is 18.6 Å². The van der Waals surface area contributed by atoms with Gasteiger partial charge in [-0.05, 0) is 12.8 Å². The van der Waals surface area contributed by atoms with Crippen LogP contribution in [-0.4, -0.2) is 42.3 Å². The van der Waals surface area contributed by atoms with Gasteiger partial charge < -0.3 is 10.2 Å². The van der Waals surface area contributed by atoms with E-state index in [1.165, 1.54) is 0 Å². The van der Waals surface area contributed by atoms with Crippen LogP contribution in [0.4, 0.5) is 0 Å². The van der Waals surface area contributed by atoms with Crippen molar-refractivity contribution in [2.75, 3.05) is 11.5 Å². The molecule has 14 heavy (non-hydrogen) atoms. The van der Waals surface area contributed by atoms with E-state index in [0.29, 0.717) is 12.8 Å². The van der Waals surface area contributed by atoms with E-state index >= 15 is 0 Å². The minimum absolute atomic E-state index is 0.0228. The molecule has 5 heteroatoms. The van der Waals surface area contributed by atoms with E-state index in [2.05, 4.69) is 0 Å². The van der Waals surface area contributed by atoms with E-state index in [4.69, 9.17) is 0 Å². The van der Waals surface area contributed by atoms with Gasteiger partial charge in [0.1, 0.15) is 0 Å². The normalized spacial score (nSPS) is 33.1. The Morgan fingerprint density at radius 2 is 2.07 bits per heavy atom. The third-order valence-corrected chi connectivity index (χ3v) is 4.42. The maximum Gasteiger partial charge on any atom is 0.153 e. The van der Waals surface area contributed by atoms with Gasteiger partial charge >= 0.3 is 0 Å². The summed E-state index contributed by atoms with van der Waals surface area (Å²) in [5.41, 5.74) is 0. The molecular formula is C9H18O4S. The van der Waals surface area contributed by atoms with Gasteiger partial charge in [0.05, 0.1) is 23.7 Å². The van der Waals surface area contributed by atoms with E-state index in [1.54, 1.807) is 0 Å². The van der Waals surface area contributed by atoms with Crippen molar-refractivity contribution in [1.82, 2.24) is 0 Å². The fraction of sp³-hybridized carbons (Fsp3) is 1.00. The Kier molecular flexibility index (Phi) is 3.92. The highest BCUT2D eigenvalue weighted by atomic mass is 32.2. The van der Waals surface area contributed by atoms with Crippen molar-refractivity contribution in [3.63, 3.8) is 0 Å². The molecule has 2 N–H and O–H groups in total. The fourth-order valence-corrected chi connectivity index (χ4v) is 3.87. The van der Waals surface area contributed by atoms with Crippen molar-refractivity contribution in [2.45, 2.75) is 38.4 Å². The Morgan fingerprint density at radius 3 is 2.50 bits per heavy atom. The Bertz CT molecular complexity index is 273. The van der Waals surface area contributed by atoms with Crippen LogP contribution in [0.3, 0.4) is 0 Å². The summed E-state index contributed by atoms with van der Waals surface area (Å²) in [6, 6.07) is 0. The summed E-state index contributed by atoms with van der Waals surface area (Å²) in [7, 11) is -3.07. The predicted molar refractivity (Wildman–Crippen MR) is 53.7 cm³/mol. The number of hydrogen-bond acceptors (Lipinski definition) is 4. The number of aliphatic hydroxyl groups excluding tert-OH is 2. The topological polar surface area (TPSA) is 74.6 Å². The molecule has 1 heterocycles. The molecule has 0 aromatic rings. The van der Waals surface area contributed by atoms with E-state index in [1.807, 2.05) is 6.92 Å². The molecule has 0 amide bonds. The minimum atomic E-state index is -3.07. The van der Waals surface area contributed by atoms with Gasteiger partial charge in [0.25, 0.3) is 0 Å². The third kappa shape index (κ3) is 3.22. The van der Waals surface area contributed by atoms with Gasteiger partial charge in [0, 0.05) is 5.92 Å². The summed E-state index contributed by atoms with van der Waals surface area (Å²) in [5.74, 6) is -0.396. The highest BCUT2D eigenvalue weighted by Gasteiger charge is 2.36. The standard InChI is InChI=1S/C9H18O4S/c1-2-3-8(10)4-7-5-14(12,13)6-9(7)11/h7-11H,2-6H2,1H3. The summed E-state index contributed by atoms with van der Waals surface area (Å²) < 4.78 is 22.3. The number of aliphatic hydroxyl groups is 2. The van der Waals surface area contributed by atoms with Crippen molar-refractivity contribution in [3.05, 3.63) is 0 Å². The number of hydrogen-bond donors (Lipinski definition) is 2. The first-order chi connectivity index (χ1) is 6.44. The predicted octanol–water partition coefficient (Wildman–Crippen LogP) is -0.0570. The molecule has 0 bridgehead atoms. The summed E-state index contributed by atoms with van der Waals surface area (Å²) in [5, 5.41) is 18.9. The van der Waals surface area contributed by atoms with Crippen LogP contribution in [0.25, 0.3) is 0 Å². The third-order valence-electron chi connectivity index (χ3n) is 2.63. The average molecular weight is 222 g/mol. The van der Waals surface area contributed by atoms with Gasteiger partial charge in [-0.25, -0.2) is 8.42 Å². The molecule has 3 atom stereocenters. The zero-order chi connectivity index (χ0) is 10.8. The molecule has 0 radical (unpaired) electrons. The first-order valence-corrected chi connectivity index (χ1v) is 6.83. The van der Waals surface area contributed by atoms with Crippen molar-refractivity contribution in [3.8, 4) is 0 Å². The van der Waals surface area contributed by atoms with Gasteiger partial charge in [-0.2, -0.15) is 0 Å². The zero-order valence-corrected chi connectivity index (χ0v) is 9.20. The van der Waals surface area contributed by atoms with Gasteiger partial charge in [-0.15, -0.1) is 0 Å². The lowest BCUT2D eigenvalue weighted by Crippen LogP contribution is -2.23. The van der Waals surface area contributed by atoms with Crippen LogP contribution in [0.15, 0.2) is 0 Å². The Morgan fingerprint density at radius 1 is 1.43 bits per heavy atom. The first-order valence-electron chi connectivity index (χ1n) is 5.01. The molecule has 0 aromatic heterocycles. The SMILES string of the molecule is CCCC(O)CC1CS(=O)(=O)CC1O. The summed E-state index contributed by atoms with van der Waals surface area (Å²) >= 11 is 0. The Hall–Kier alpha value is -0.130. The number of sulfone groups is 1. The van der Waals surface area contributed by atoms with Gasteiger partial charge in [0.15, 0.2) is 9.84 Å². The molecule has 3 unspecified atom stereocenters. The summed E-state index contributed by atoms with van der Waals surface area (Å²) in [6.07, 6.45) is 0.674. The van der Waals surface area contributed by atoms with E-state index in [-0.39, 0.29) is 17.4 Å². The molecule has 0 spiro atoms. The lowest BCUT2D eigenvalue weighted by atomic mass is 9.97. The van der Waals surface area contributed by atoms with Gasteiger partial charge in [0.2, 0.25) is 0 Å². The molecule has 84 valence electrons. The molecule has 0 saturated carbocycles. The van der Waals surface area contributed by atoms with Crippen molar-refractivity contribution in [1.29, 1.82) is 0 Å². The molecular weight excluding hydrogens is 204 g/mol. The van der Waals surface area contributed by atoms with Crippen LogP contribution in [0.5, 0.6) is 0 Å². The molecule has 1 rings (SSSR count). The van der Waals surface area contributed by atoms with Crippen LogP contribution in [0.2, 0.25) is 0 Å². The van der Waals surface area contributed by atoms with Crippen molar-refractivity contribution in [2.24, 2.45) is 5.92 Å². The Labute approximate surface area is 84.9 Å². The largest absolute Gasteiger partial charge is 0.393 e. The maximum absolute atomic E-state index is 11.1. The Balaban J connectivity index is 2.46. The van der Waals surface area contributed by atoms with E-state index in [0.717, 1.165) is 6.42 Å². The van der Waals surface area contributed by atoms with Crippen LogP contribution in [0, 0.1) is 5.92 Å². The zero-order valence-electron chi connectivity index (χ0n) is 8.39. The molecule has 0 aliphatic carbocycles. The van der Waals surface area contributed by atoms with Crippen LogP contribution in [0.1, 0.15) is 26.2 Å². The van der Waals surface area contributed by atoms with Crippen molar-refractivity contribution >= 4 is 9.84 Å². The number of rotatable bonds is 4. The molecule has 1 fully saturated rings. The van der Waals surface area contributed by atoms with Gasteiger partial charge in [-0.1, -0.05) is 13.3 Å². The van der Waals surface area contributed by atoms with Crippen LogP contribution in [-0.2, 0) is 9.84 Å².